The van der Waals surface area contributed by atoms with Crippen LogP contribution in [0.5, 0.6) is 0 Å². The first-order valence-corrected chi connectivity index (χ1v) is 5.96. The van der Waals surface area contributed by atoms with Gasteiger partial charge in [-0.1, -0.05) is 0 Å². The van der Waals surface area contributed by atoms with Gasteiger partial charge >= 0.3 is 11.9 Å². The Morgan fingerprint density at radius 1 is 1.11 bits per heavy atom. The smallest absolute Gasteiger partial charge is 0.303 e. The van der Waals surface area contributed by atoms with Crippen molar-refractivity contribution in [2.45, 2.75) is 59.7 Å². The van der Waals surface area contributed by atoms with E-state index < -0.39 is 5.60 Å². The number of hydrogen-bond acceptors (Lipinski definition) is 6. The predicted octanol–water partition coefficient (Wildman–Crippen LogP) is 1.24. The minimum atomic E-state index is -0.828. The summed E-state index contributed by atoms with van der Waals surface area (Å²) in [6.07, 6.45) is -0.121. The summed E-state index contributed by atoms with van der Waals surface area (Å²) in [5, 5.41) is 8.97. The van der Waals surface area contributed by atoms with Crippen LogP contribution in [0.2, 0.25) is 0 Å². The standard InChI is InChI=1S/C7H12O4.C6H12O2/c1-5(11-7(3)9)4-10-6(2)8;1-5(7)4-6(2,3)8/h5H,4H2,1-3H3;8H,4H2,1-3H3. The van der Waals surface area contributed by atoms with Crippen LogP contribution in [-0.4, -0.2) is 41.1 Å². The van der Waals surface area contributed by atoms with E-state index in [2.05, 4.69) is 9.47 Å². The van der Waals surface area contributed by atoms with Crippen molar-refractivity contribution in [1.29, 1.82) is 0 Å². The maximum Gasteiger partial charge on any atom is 0.303 e. The van der Waals surface area contributed by atoms with Crippen molar-refractivity contribution in [2.75, 3.05) is 6.61 Å². The molecule has 112 valence electrons. The molecule has 0 fully saturated rings. The van der Waals surface area contributed by atoms with Gasteiger partial charge < -0.3 is 14.6 Å². The van der Waals surface area contributed by atoms with Gasteiger partial charge in [-0.15, -0.1) is 0 Å². The van der Waals surface area contributed by atoms with E-state index in [4.69, 9.17) is 5.11 Å². The molecule has 0 aromatic heterocycles. The summed E-state index contributed by atoms with van der Waals surface area (Å²) in [5.41, 5.74) is -0.828. The van der Waals surface area contributed by atoms with Gasteiger partial charge in [0.15, 0.2) is 0 Å². The SMILES string of the molecule is CC(=O)CC(C)(C)O.CC(=O)OCC(C)OC(C)=O. The number of ketones is 1. The van der Waals surface area contributed by atoms with Gasteiger partial charge in [-0.3, -0.25) is 14.4 Å². The number of hydrogen-bond donors (Lipinski definition) is 1. The number of Topliss-reactive ketones (excluding diaryl/α,β-unsaturated/α-hetero) is 1. The monoisotopic (exact) mass is 276 g/mol. The Kier molecular flexibility index (Phi) is 9.94. The predicted molar refractivity (Wildman–Crippen MR) is 69.5 cm³/mol. The van der Waals surface area contributed by atoms with Crippen molar-refractivity contribution >= 4 is 17.7 Å². The van der Waals surface area contributed by atoms with Crippen molar-refractivity contribution in [3.63, 3.8) is 0 Å². The van der Waals surface area contributed by atoms with Gasteiger partial charge in [0.1, 0.15) is 18.5 Å². The molecule has 19 heavy (non-hydrogen) atoms. The molecule has 0 aliphatic rings. The van der Waals surface area contributed by atoms with Gasteiger partial charge in [0, 0.05) is 20.3 Å². The molecule has 0 aliphatic heterocycles. The van der Waals surface area contributed by atoms with Crippen LogP contribution in [0.25, 0.3) is 0 Å². The summed E-state index contributed by atoms with van der Waals surface area (Å²) in [6, 6.07) is 0. The van der Waals surface area contributed by atoms with E-state index in [1.165, 1.54) is 20.8 Å². The average molecular weight is 276 g/mol. The zero-order valence-electron chi connectivity index (χ0n) is 12.5. The number of rotatable bonds is 5. The molecule has 0 aliphatic carbocycles. The Morgan fingerprint density at radius 3 is 1.79 bits per heavy atom. The second-order valence-corrected chi connectivity index (χ2v) is 4.91. The largest absolute Gasteiger partial charge is 0.462 e. The lowest BCUT2D eigenvalue weighted by Gasteiger charge is -2.13. The third-order valence-electron chi connectivity index (χ3n) is 1.57. The molecule has 0 amide bonds. The van der Waals surface area contributed by atoms with Crippen LogP contribution in [-0.2, 0) is 23.9 Å². The summed E-state index contributed by atoms with van der Waals surface area (Å²) in [6.45, 7) is 9.10. The van der Waals surface area contributed by atoms with Gasteiger partial charge in [-0.2, -0.15) is 0 Å². The Labute approximate surface area is 114 Å². The van der Waals surface area contributed by atoms with Crippen LogP contribution in [0.4, 0.5) is 0 Å². The summed E-state index contributed by atoms with van der Waals surface area (Å²) in [7, 11) is 0. The van der Waals surface area contributed by atoms with Crippen molar-refractivity contribution < 1.29 is 29.0 Å². The number of carbonyl (C=O) groups is 3. The Bertz CT molecular complexity index is 303. The molecule has 0 radical (unpaired) electrons. The Hall–Kier alpha value is -1.43. The second kappa shape index (κ2) is 9.49. The highest BCUT2D eigenvalue weighted by molar-refractivity contribution is 5.76. The fourth-order valence-electron chi connectivity index (χ4n) is 1.16. The second-order valence-electron chi connectivity index (χ2n) is 4.91. The lowest BCUT2D eigenvalue weighted by Crippen LogP contribution is -2.21. The summed E-state index contributed by atoms with van der Waals surface area (Å²) in [5.74, 6) is -0.717. The van der Waals surface area contributed by atoms with E-state index in [9.17, 15) is 14.4 Å². The molecular formula is C13H24O6. The van der Waals surface area contributed by atoms with Crippen molar-refractivity contribution in [2.24, 2.45) is 0 Å². The first-order chi connectivity index (χ1) is 8.44. The number of aliphatic hydroxyl groups is 1. The highest BCUT2D eigenvalue weighted by Gasteiger charge is 2.13. The fraction of sp³-hybridized carbons (Fsp3) is 0.769. The van der Waals surface area contributed by atoms with Crippen LogP contribution in [0, 0.1) is 0 Å². The van der Waals surface area contributed by atoms with E-state index in [1.54, 1.807) is 20.8 Å². The molecule has 0 aromatic rings. The molecule has 1 atom stereocenters. The van der Waals surface area contributed by atoms with Crippen LogP contribution < -0.4 is 0 Å². The van der Waals surface area contributed by atoms with Gasteiger partial charge in [0.25, 0.3) is 0 Å². The van der Waals surface area contributed by atoms with Gasteiger partial charge in [-0.05, 0) is 27.7 Å². The van der Waals surface area contributed by atoms with Crippen LogP contribution >= 0.6 is 0 Å². The Balaban J connectivity index is 0. The van der Waals surface area contributed by atoms with Crippen LogP contribution in [0.3, 0.4) is 0 Å². The molecule has 1 N–H and O–H groups in total. The van der Waals surface area contributed by atoms with E-state index in [-0.39, 0.29) is 36.9 Å². The lowest BCUT2D eigenvalue weighted by atomic mass is 10.0. The molecule has 0 spiro atoms. The van der Waals surface area contributed by atoms with E-state index in [1.807, 2.05) is 0 Å². The number of ether oxygens (including phenoxy) is 2. The quantitative estimate of drug-likeness (QED) is 0.760. The zero-order valence-corrected chi connectivity index (χ0v) is 12.5. The van der Waals surface area contributed by atoms with E-state index in [0.29, 0.717) is 0 Å². The van der Waals surface area contributed by atoms with Crippen molar-refractivity contribution in [1.82, 2.24) is 0 Å². The molecule has 0 heterocycles. The normalized spacial score (nSPS) is 11.7. The first-order valence-electron chi connectivity index (χ1n) is 5.96. The van der Waals surface area contributed by atoms with Gasteiger partial charge in [0.05, 0.1) is 5.60 Å². The third-order valence-corrected chi connectivity index (χ3v) is 1.57. The summed E-state index contributed by atoms with van der Waals surface area (Å²) < 4.78 is 9.27. The van der Waals surface area contributed by atoms with E-state index in [0.717, 1.165) is 0 Å². The minimum absolute atomic E-state index is 0.0255. The van der Waals surface area contributed by atoms with Gasteiger partial charge in [-0.25, -0.2) is 0 Å². The molecule has 0 saturated carbocycles. The summed E-state index contributed by atoms with van der Waals surface area (Å²) >= 11 is 0. The first kappa shape index (κ1) is 19.9. The molecule has 0 saturated heterocycles. The molecule has 0 aromatic carbocycles. The van der Waals surface area contributed by atoms with Crippen molar-refractivity contribution in [3.8, 4) is 0 Å². The maximum atomic E-state index is 10.3. The minimum Gasteiger partial charge on any atom is -0.462 e. The summed E-state index contributed by atoms with van der Waals surface area (Å²) in [4.78, 5) is 30.9. The Morgan fingerprint density at radius 2 is 1.58 bits per heavy atom. The topological polar surface area (TPSA) is 89.9 Å². The molecule has 6 nitrogen and oxygen atoms in total. The highest BCUT2D eigenvalue weighted by atomic mass is 16.6. The number of esters is 2. The lowest BCUT2D eigenvalue weighted by molar-refractivity contribution is -0.155. The molecule has 0 bridgehead atoms. The molecule has 1 unspecified atom stereocenters. The molecular weight excluding hydrogens is 252 g/mol. The van der Waals surface area contributed by atoms with Crippen LogP contribution in [0.15, 0.2) is 0 Å². The zero-order chi connectivity index (χ0) is 15.6. The number of carbonyl (C=O) groups excluding carboxylic acids is 3. The fourth-order valence-corrected chi connectivity index (χ4v) is 1.16. The molecule has 0 rings (SSSR count). The van der Waals surface area contributed by atoms with Crippen molar-refractivity contribution in [3.05, 3.63) is 0 Å². The average Bonchev–Trinajstić information content (AvgIpc) is 2.10. The van der Waals surface area contributed by atoms with Gasteiger partial charge in [0.2, 0.25) is 0 Å². The third kappa shape index (κ3) is 22.3. The highest BCUT2D eigenvalue weighted by Crippen LogP contribution is 2.06. The maximum absolute atomic E-state index is 10.3. The van der Waals surface area contributed by atoms with E-state index >= 15 is 0 Å². The van der Waals surface area contributed by atoms with Crippen LogP contribution in [0.1, 0.15) is 48.0 Å². The molecule has 6 heteroatoms.